The second kappa shape index (κ2) is 5.01. The summed E-state index contributed by atoms with van der Waals surface area (Å²) in [6.07, 6.45) is 0.903. The van der Waals surface area contributed by atoms with E-state index in [-0.39, 0.29) is 29.5 Å². The molecule has 2 aromatic carbocycles. The minimum Gasteiger partial charge on any atom is -0.480 e. The highest BCUT2D eigenvalue weighted by atomic mass is 16.7. The van der Waals surface area contributed by atoms with E-state index in [0.29, 0.717) is 40.1 Å². The second-order valence-electron chi connectivity index (χ2n) is 8.09. The summed E-state index contributed by atoms with van der Waals surface area (Å²) in [5.74, 6) is 0.319. The Labute approximate surface area is 161 Å². The molecule has 0 radical (unpaired) electrons. The first-order valence-corrected chi connectivity index (χ1v) is 9.50. The van der Waals surface area contributed by atoms with Gasteiger partial charge in [-0.15, -0.1) is 0 Å². The molecule has 6 heteroatoms. The van der Waals surface area contributed by atoms with Crippen molar-refractivity contribution in [2.75, 3.05) is 12.4 Å². The number of rotatable bonds is 1. The van der Waals surface area contributed by atoms with Gasteiger partial charge in [-0.25, -0.2) is 0 Å². The van der Waals surface area contributed by atoms with E-state index >= 15 is 0 Å². The van der Waals surface area contributed by atoms with Gasteiger partial charge in [0.25, 0.3) is 0 Å². The maximum Gasteiger partial charge on any atom is 0.196 e. The van der Waals surface area contributed by atoms with Gasteiger partial charge in [0.2, 0.25) is 0 Å². The lowest BCUT2D eigenvalue weighted by Crippen LogP contribution is -2.55. The van der Waals surface area contributed by atoms with E-state index in [1.165, 1.54) is 0 Å². The van der Waals surface area contributed by atoms with Crippen molar-refractivity contribution in [1.82, 2.24) is 0 Å². The Hall–Kier alpha value is -2.70. The van der Waals surface area contributed by atoms with Crippen molar-refractivity contribution in [3.05, 3.63) is 58.7 Å². The van der Waals surface area contributed by atoms with E-state index in [4.69, 9.17) is 14.2 Å². The molecule has 142 valence electrons. The van der Waals surface area contributed by atoms with Crippen LogP contribution in [0.4, 0.5) is 5.69 Å². The highest BCUT2D eigenvalue weighted by molar-refractivity contribution is 6.30. The zero-order valence-electron chi connectivity index (χ0n) is 15.6. The third kappa shape index (κ3) is 1.75. The van der Waals surface area contributed by atoms with Gasteiger partial charge in [-0.2, -0.15) is 0 Å². The number of hydrogen-bond donors (Lipinski definition) is 1. The summed E-state index contributed by atoms with van der Waals surface area (Å²) in [6.45, 7) is 1.99. The van der Waals surface area contributed by atoms with E-state index in [1.54, 1.807) is 43.5 Å². The van der Waals surface area contributed by atoms with Crippen molar-refractivity contribution in [1.29, 1.82) is 0 Å². The average Bonchev–Trinajstić information content (AvgIpc) is 3.38. The number of ketones is 2. The summed E-state index contributed by atoms with van der Waals surface area (Å²) in [4.78, 5) is 26.3. The predicted octanol–water partition coefficient (Wildman–Crippen LogP) is 2.93. The maximum absolute atomic E-state index is 13.3. The molecule has 4 aliphatic rings. The van der Waals surface area contributed by atoms with Crippen molar-refractivity contribution in [2.45, 2.75) is 43.3 Å². The molecule has 1 N–H and O–H groups in total. The highest BCUT2D eigenvalue weighted by Gasteiger charge is 2.78. The average molecular weight is 377 g/mol. The van der Waals surface area contributed by atoms with Crippen LogP contribution in [0.1, 0.15) is 51.6 Å². The summed E-state index contributed by atoms with van der Waals surface area (Å²) < 4.78 is 17.8. The number of anilines is 1. The molecule has 0 bridgehead atoms. The number of ether oxygens (including phenoxy) is 3. The summed E-state index contributed by atoms with van der Waals surface area (Å²) in [5, 5.41) is 3.59. The lowest BCUT2D eigenvalue weighted by Gasteiger charge is -2.43. The minimum absolute atomic E-state index is 0.130. The summed E-state index contributed by atoms with van der Waals surface area (Å²) >= 11 is 0. The number of fused-ring (bicyclic) bond motifs is 4. The Balaban J connectivity index is 1.51. The Morgan fingerprint density at radius 1 is 1.07 bits per heavy atom. The van der Waals surface area contributed by atoms with Crippen LogP contribution in [0, 0.1) is 0 Å². The summed E-state index contributed by atoms with van der Waals surface area (Å²) in [7, 11) is 1.63. The normalized spacial score (nSPS) is 34.1. The van der Waals surface area contributed by atoms with Crippen LogP contribution in [-0.4, -0.2) is 42.2 Å². The molecule has 0 unspecified atom stereocenters. The van der Waals surface area contributed by atoms with E-state index in [1.807, 2.05) is 6.92 Å². The number of benzene rings is 2. The fourth-order valence-electron chi connectivity index (χ4n) is 5.22. The van der Waals surface area contributed by atoms with Crippen LogP contribution in [0.3, 0.4) is 0 Å². The molecule has 0 aromatic heterocycles. The van der Waals surface area contributed by atoms with Crippen molar-refractivity contribution in [3.8, 4) is 5.75 Å². The van der Waals surface area contributed by atoms with Gasteiger partial charge in [0.1, 0.15) is 5.75 Å². The smallest absolute Gasteiger partial charge is 0.196 e. The Morgan fingerprint density at radius 2 is 1.82 bits per heavy atom. The van der Waals surface area contributed by atoms with Crippen LogP contribution in [0.25, 0.3) is 0 Å². The Kier molecular flexibility index (Phi) is 2.91. The van der Waals surface area contributed by atoms with E-state index in [0.717, 1.165) is 6.42 Å². The Morgan fingerprint density at radius 3 is 2.57 bits per heavy atom. The molecule has 6 nitrogen and oxygen atoms in total. The standard InChI is InChI=1S/C22H19NO5/c1-11-22-10-21(22,9-16(26-2)27-11)23-18-15(28-22)8-7-14-17(18)20(25)13-6-4-3-5-12(13)19(14)24/h3-8,11,16,23H,9-10H2,1-2H3/t11-,16-,21-,22-/m0/s1. The molecule has 2 fully saturated rings. The van der Waals surface area contributed by atoms with Crippen LogP contribution in [0.5, 0.6) is 5.75 Å². The first-order chi connectivity index (χ1) is 13.5. The Bertz CT molecular complexity index is 1080. The molecule has 2 heterocycles. The quantitative estimate of drug-likeness (QED) is 0.703. The number of carbonyl (C=O) groups is 2. The van der Waals surface area contributed by atoms with Crippen molar-refractivity contribution in [2.24, 2.45) is 0 Å². The molecule has 0 spiro atoms. The topological polar surface area (TPSA) is 73.9 Å². The molecule has 2 aliphatic heterocycles. The molecule has 1 saturated carbocycles. The lowest BCUT2D eigenvalue weighted by atomic mass is 9.82. The van der Waals surface area contributed by atoms with E-state index in [2.05, 4.69) is 5.32 Å². The van der Waals surface area contributed by atoms with Gasteiger partial charge in [-0.1, -0.05) is 24.3 Å². The fourth-order valence-corrected chi connectivity index (χ4v) is 5.22. The summed E-state index contributed by atoms with van der Waals surface area (Å²) in [6, 6.07) is 10.5. The van der Waals surface area contributed by atoms with Gasteiger partial charge in [0.15, 0.2) is 23.5 Å². The van der Waals surface area contributed by atoms with Crippen LogP contribution in [0.15, 0.2) is 36.4 Å². The lowest BCUT2D eigenvalue weighted by molar-refractivity contribution is -0.208. The molecule has 2 aliphatic carbocycles. The van der Waals surface area contributed by atoms with Crippen molar-refractivity contribution >= 4 is 17.3 Å². The fraction of sp³-hybridized carbons (Fsp3) is 0.364. The third-order valence-corrected chi connectivity index (χ3v) is 6.75. The minimum atomic E-state index is -0.469. The van der Waals surface area contributed by atoms with Gasteiger partial charge in [-0.3, -0.25) is 9.59 Å². The van der Waals surface area contributed by atoms with Gasteiger partial charge < -0.3 is 19.5 Å². The van der Waals surface area contributed by atoms with Crippen molar-refractivity contribution in [3.63, 3.8) is 0 Å². The van der Waals surface area contributed by atoms with Gasteiger partial charge in [0.05, 0.1) is 22.9 Å². The molecule has 4 atom stereocenters. The maximum atomic E-state index is 13.3. The van der Waals surface area contributed by atoms with Gasteiger partial charge >= 0.3 is 0 Å². The molecule has 1 saturated heterocycles. The molecule has 2 aromatic rings. The SMILES string of the molecule is CO[C@@H]1C[C@]23C[C@]2(Oc2ccc4c(c2N3)C(=O)c2ccccc2C4=O)[C@H](C)O1. The highest BCUT2D eigenvalue weighted by Crippen LogP contribution is 2.65. The molecule has 0 amide bonds. The zero-order chi connectivity index (χ0) is 19.3. The molecule has 28 heavy (non-hydrogen) atoms. The number of methoxy groups -OCH3 is 1. The van der Waals surface area contributed by atoms with Crippen molar-refractivity contribution < 1.29 is 23.8 Å². The van der Waals surface area contributed by atoms with E-state index in [9.17, 15) is 9.59 Å². The number of carbonyl (C=O) groups excluding carboxylic acids is 2. The van der Waals surface area contributed by atoms with Gasteiger partial charge in [0, 0.05) is 36.6 Å². The largest absolute Gasteiger partial charge is 0.480 e. The monoisotopic (exact) mass is 377 g/mol. The van der Waals surface area contributed by atoms with Gasteiger partial charge in [-0.05, 0) is 19.1 Å². The number of hydrogen-bond acceptors (Lipinski definition) is 6. The first-order valence-electron chi connectivity index (χ1n) is 9.50. The van der Waals surface area contributed by atoms with Crippen LogP contribution in [-0.2, 0) is 9.47 Å². The molecular weight excluding hydrogens is 358 g/mol. The summed E-state index contributed by atoms with van der Waals surface area (Å²) in [5.41, 5.74) is 1.51. The molecule has 6 rings (SSSR count). The van der Waals surface area contributed by atoms with Crippen LogP contribution in [0.2, 0.25) is 0 Å². The predicted molar refractivity (Wildman–Crippen MR) is 100 cm³/mol. The van der Waals surface area contributed by atoms with Crippen LogP contribution < -0.4 is 10.1 Å². The second-order valence-corrected chi connectivity index (χ2v) is 8.09. The third-order valence-electron chi connectivity index (χ3n) is 6.75. The molecular formula is C22H19NO5. The van der Waals surface area contributed by atoms with E-state index < -0.39 is 5.60 Å². The first kappa shape index (κ1) is 16.3. The zero-order valence-corrected chi connectivity index (χ0v) is 15.6. The number of nitrogens with one attached hydrogen (secondary N) is 1. The van der Waals surface area contributed by atoms with Crippen LogP contribution >= 0.6 is 0 Å².